The van der Waals surface area contributed by atoms with E-state index in [1.807, 2.05) is 0 Å². The van der Waals surface area contributed by atoms with Crippen LogP contribution >= 0.6 is 0 Å². The highest BCUT2D eigenvalue weighted by atomic mass is 16.6. The van der Waals surface area contributed by atoms with Gasteiger partial charge in [-0.3, -0.25) is 0 Å². The molecule has 0 heterocycles. The molecule has 13 heteroatoms. The van der Waals surface area contributed by atoms with Crippen molar-refractivity contribution in [2.24, 2.45) is 5.11 Å². The molecular weight excluding hydrogens is 404 g/mol. The van der Waals surface area contributed by atoms with E-state index in [0.29, 0.717) is 99.0 Å². The van der Waals surface area contributed by atoms with Crippen LogP contribution in [0.4, 0.5) is 4.79 Å². The van der Waals surface area contributed by atoms with Crippen LogP contribution in [-0.2, 0) is 33.2 Å². The summed E-state index contributed by atoms with van der Waals surface area (Å²) in [4.78, 5) is 12.8. The van der Waals surface area contributed by atoms with Crippen LogP contribution < -0.4 is 5.32 Å². The van der Waals surface area contributed by atoms with Gasteiger partial charge in [0.1, 0.15) is 0 Å². The van der Waals surface area contributed by atoms with Gasteiger partial charge in [0.2, 0.25) is 0 Å². The molecule has 0 aliphatic carbocycles. The van der Waals surface area contributed by atoms with Gasteiger partial charge in [-0.05, 0) is 5.53 Å². The first-order valence-electron chi connectivity index (χ1n) is 9.79. The van der Waals surface area contributed by atoms with Gasteiger partial charge in [-0.15, -0.1) is 0 Å². The molecule has 0 atom stereocenters. The standard InChI is InChI=1S/C17H34N4O9/c18-21-20-2-4-25-6-8-27-10-12-29-14-16-30-15-13-28-11-9-26-7-5-24-3-1-19-17(22)23/h19H,1-16H2,(H,22,23). The monoisotopic (exact) mass is 438 g/mol. The first-order chi connectivity index (χ1) is 14.8. The number of nitrogens with one attached hydrogen (secondary N) is 1. The van der Waals surface area contributed by atoms with Crippen LogP contribution in [0, 0.1) is 0 Å². The Balaban J connectivity index is 3.02. The second-order valence-electron chi connectivity index (χ2n) is 5.47. The first-order valence-corrected chi connectivity index (χ1v) is 9.79. The Bertz CT molecular complexity index is 402. The van der Waals surface area contributed by atoms with E-state index in [2.05, 4.69) is 15.3 Å². The molecule has 0 saturated heterocycles. The summed E-state index contributed by atoms with van der Waals surface area (Å²) >= 11 is 0. The molecule has 0 bridgehead atoms. The average molecular weight is 438 g/mol. The smallest absolute Gasteiger partial charge is 0.404 e. The molecule has 1 amide bonds. The number of nitrogens with zero attached hydrogens (tertiary/aromatic N) is 3. The number of ether oxygens (including phenoxy) is 7. The topological polar surface area (TPSA) is 163 Å². The molecule has 0 spiro atoms. The van der Waals surface area contributed by atoms with E-state index in [9.17, 15) is 4.79 Å². The largest absolute Gasteiger partial charge is 0.465 e. The van der Waals surface area contributed by atoms with Crippen molar-refractivity contribution >= 4 is 6.09 Å². The Hall–Kier alpha value is -1.70. The molecule has 0 aromatic heterocycles. The minimum Gasteiger partial charge on any atom is -0.465 e. The molecule has 0 rings (SSSR count). The molecule has 0 aromatic carbocycles. The number of rotatable bonds is 24. The highest BCUT2D eigenvalue weighted by Crippen LogP contribution is 1.85. The molecule has 30 heavy (non-hydrogen) atoms. The molecule has 176 valence electrons. The number of carbonyl (C=O) groups is 1. The third kappa shape index (κ3) is 26.3. The number of azide groups is 1. The lowest BCUT2D eigenvalue weighted by atomic mass is 10.6. The maximum absolute atomic E-state index is 10.2. The maximum Gasteiger partial charge on any atom is 0.404 e. The SMILES string of the molecule is [N-]=[N+]=NCCOCCOCCOCCOCCOCCOCCOCCNC(=O)O. The van der Waals surface area contributed by atoms with Crippen LogP contribution in [0.15, 0.2) is 5.11 Å². The summed E-state index contributed by atoms with van der Waals surface area (Å²) in [5, 5.41) is 13.9. The molecule has 0 aromatic rings. The quantitative estimate of drug-likeness (QED) is 0.0954. The van der Waals surface area contributed by atoms with E-state index < -0.39 is 6.09 Å². The Morgan fingerprint density at radius 1 is 0.667 bits per heavy atom. The van der Waals surface area contributed by atoms with Crippen LogP contribution in [0.5, 0.6) is 0 Å². The van der Waals surface area contributed by atoms with E-state index in [-0.39, 0.29) is 6.54 Å². The van der Waals surface area contributed by atoms with E-state index in [1.54, 1.807) is 0 Å². The van der Waals surface area contributed by atoms with Crippen LogP contribution in [-0.4, -0.2) is 117 Å². The van der Waals surface area contributed by atoms with Crippen molar-refractivity contribution in [3.05, 3.63) is 10.4 Å². The van der Waals surface area contributed by atoms with E-state index in [0.717, 1.165) is 0 Å². The van der Waals surface area contributed by atoms with Crippen LogP contribution in [0.1, 0.15) is 0 Å². The summed E-state index contributed by atoms with van der Waals surface area (Å²) < 4.78 is 37.1. The summed E-state index contributed by atoms with van der Waals surface area (Å²) in [5.41, 5.74) is 8.08. The van der Waals surface area contributed by atoms with Crippen molar-refractivity contribution in [1.82, 2.24) is 5.32 Å². The number of amides is 1. The second-order valence-corrected chi connectivity index (χ2v) is 5.47. The summed E-state index contributed by atoms with van der Waals surface area (Å²) in [7, 11) is 0. The maximum atomic E-state index is 10.2. The fourth-order valence-electron chi connectivity index (χ4n) is 1.80. The van der Waals surface area contributed by atoms with Crippen LogP contribution in [0.25, 0.3) is 10.4 Å². The first kappa shape index (κ1) is 28.3. The number of hydrogen-bond donors (Lipinski definition) is 2. The van der Waals surface area contributed by atoms with Crippen molar-refractivity contribution in [1.29, 1.82) is 0 Å². The third-order valence-electron chi connectivity index (χ3n) is 3.15. The van der Waals surface area contributed by atoms with Crippen LogP contribution in [0.3, 0.4) is 0 Å². The zero-order chi connectivity index (χ0) is 22.0. The van der Waals surface area contributed by atoms with E-state index in [1.165, 1.54) is 0 Å². The summed E-state index contributed by atoms with van der Waals surface area (Å²) in [6.45, 7) is 6.85. The average Bonchev–Trinajstić information content (AvgIpc) is 2.73. The van der Waals surface area contributed by atoms with Gasteiger partial charge in [0.25, 0.3) is 0 Å². The predicted molar refractivity (Wildman–Crippen MR) is 106 cm³/mol. The minimum absolute atomic E-state index is 0.259. The lowest BCUT2D eigenvalue weighted by molar-refractivity contribution is -0.0201. The molecule has 2 N–H and O–H groups in total. The highest BCUT2D eigenvalue weighted by molar-refractivity contribution is 5.64. The van der Waals surface area contributed by atoms with Crippen molar-refractivity contribution in [2.45, 2.75) is 0 Å². The Kier molecular flexibility index (Phi) is 23.9. The van der Waals surface area contributed by atoms with Gasteiger partial charge < -0.3 is 43.6 Å². The molecule has 0 aliphatic heterocycles. The van der Waals surface area contributed by atoms with Gasteiger partial charge in [0, 0.05) is 18.0 Å². The minimum atomic E-state index is -1.06. The predicted octanol–water partition coefficient (Wildman–Crippen LogP) is 0.681. The van der Waals surface area contributed by atoms with Gasteiger partial charge in [-0.1, -0.05) is 5.11 Å². The van der Waals surface area contributed by atoms with E-state index >= 15 is 0 Å². The Morgan fingerprint density at radius 2 is 1.00 bits per heavy atom. The zero-order valence-electron chi connectivity index (χ0n) is 17.4. The molecular formula is C17H34N4O9. The van der Waals surface area contributed by atoms with Crippen LogP contribution in [0.2, 0.25) is 0 Å². The fourth-order valence-corrected chi connectivity index (χ4v) is 1.80. The van der Waals surface area contributed by atoms with Crippen molar-refractivity contribution < 1.29 is 43.1 Å². The summed E-state index contributed by atoms with van der Waals surface area (Å²) in [5.74, 6) is 0. The van der Waals surface area contributed by atoms with E-state index in [4.69, 9.17) is 43.8 Å². The highest BCUT2D eigenvalue weighted by Gasteiger charge is 1.95. The van der Waals surface area contributed by atoms with Crippen molar-refractivity contribution in [3.63, 3.8) is 0 Å². The zero-order valence-corrected chi connectivity index (χ0v) is 17.4. The normalized spacial score (nSPS) is 10.7. The number of carboxylic acid groups (broad SMARTS) is 1. The molecule has 0 unspecified atom stereocenters. The van der Waals surface area contributed by atoms with Gasteiger partial charge in [0.05, 0.1) is 92.5 Å². The van der Waals surface area contributed by atoms with Crippen molar-refractivity contribution in [3.8, 4) is 0 Å². The van der Waals surface area contributed by atoms with Gasteiger partial charge in [-0.25, -0.2) is 4.79 Å². The molecule has 0 aliphatic rings. The Labute approximate surface area is 176 Å². The Morgan fingerprint density at radius 3 is 1.33 bits per heavy atom. The van der Waals surface area contributed by atoms with Gasteiger partial charge in [-0.2, -0.15) is 0 Å². The van der Waals surface area contributed by atoms with Gasteiger partial charge >= 0.3 is 6.09 Å². The number of hydrogen-bond acceptors (Lipinski definition) is 9. The summed E-state index contributed by atoms with van der Waals surface area (Å²) in [6.07, 6.45) is -1.06. The molecule has 0 saturated carbocycles. The molecule has 0 radical (unpaired) electrons. The molecule has 0 fully saturated rings. The van der Waals surface area contributed by atoms with Crippen molar-refractivity contribution in [2.75, 3.05) is 106 Å². The molecule has 13 nitrogen and oxygen atoms in total. The van der Waals surface area contributed by atoms with Gasteiger partial charge in [0.15, 0.2) is 0 Å². The fraction of sp³-hybridized carbons (Fsp3) is 0.941. The summed E-state index contributed by atoms with van der Waals surface area (Å²) in [6, 6.07) is 0. The third-order valence-corrected chi connectivity index (χ3v) is 3.15. The lowest BCUT2D eigenvalue weighted by Gasteiger charge is -2.08. The lowest BCUT2D eigenvalue weighted by Crippen LogP contribution is -2.25. The second kappa shape index (κ2) is 25.3.